The molecule has 2 unspecified atom stereocenters. The number of carbonyl (C=O) groups is 2. The van der Waals surface area contributed by atoms with Crippen molar-refractivity contribution in [2.45, 2.75) is 51.7 Å². The zero-order valence-corrected chi connectivity index (χ0v) is 24.6. The first-order valence-corrected chi connectivity index (χ1v) is 15.0. The molecular weight excluding hydrogens is 552 g/mol. The average molecular weight is 585 g/mol. The van der Waals surface area contributed by atoms with Crippen molar-refractivity contribution in [1.82, 2.24) is 4.98 Å². The Bertz CT molecular complexity index is 1710. The molecular formula is C33H32N2O6S. The van der Waals surface area contributed by atoms with Crippen LogP contribution in [0.3, 0.4) is 0 Å². The van der Waals surface area contributed by atoms with Crippen LogP contribution in [0.25, 0.3) is 16.0 Å². The van der Waals surface area contributed by atoms with E-state index in [1.807, 2.05) is 49.4 Å². The highest BCUT2D eigenvalue weighted by Gasteiger charge is 2.48. The van der Waals surface area contributed by atoms with Crippen molar-refractivity contribution in [3.8, 4) is 17.2 Å². The molecule has 2 aliphatic heterocycles. The highest BCUT2D eigenvalue weighted by atomic mass is 32.1. The lowest BCUT2D eigenvalue weighted by molar-refractivity contribution is -0.132. The van der Waals surface area contributed by atoms with Crippen molar-refractivity contribution < 1.29 is 28.9 Å². The van der Waals surface area contributed by atoms with Gasteiger partial charge in [0.2, 0.25) is 0 Å². The number of aromatic nitrogens is 1. The Kier molecular flexibility index (Phi) is 7.60. The number of rotatable bonds is 9. The van der Waals surface area contributed by atoms with Gasteiger partial charge in [0.05, 0.1) is 35.5 Å². The normalized spacial score (nSPS) is 19.3. The molecule has 9 heteroatoms. The number of aliphatic hydroxyl groups is 1. The van der Waals surface area contributed by atoms with Gasteiger partial charge >= 0.3 is 5.91 Å². The quantitative estimate of drug-likeness (QED) is 0.0997. The monoisotopic (exact) mass is 584 g/mol. The molecule has 8 nitrogen and oxygen atoms in total. The fraction of sp³-hybridized carbons (Fsp3) is 0.303. The number of methoxy groups -OCH3 is 1. The topological polar surface area (TPSA) is 98.2 Å². The summed E-state index contributed by atoms with van der Waals surface area (Å²) in [5.41, 5.74) is 2.72. The van der Waals surface area contributed by atoms with Gasteiger partial charge in [0.15, 0.2) is 5.13 Å². The van der Waals surface area contributed by atoms with E-state index >= 15 is 0 Å². The molecule has 0 aliphatic carbocycles. The maximum atomic E-state index is 13.7. The number of unbranched alkanes of at least 4 members (excludes halogenated alkanes) is 2. The second-order valence-corrected chi connectivity index (χ2v) is 11.6. The molecule has 3 heterocycles. The van der Waals surface area contributed by atoms with Gasteiger partial charge in [-0.2, -0.15) is 0 Å². The number of hydrogen-bond donors (Lipinski definition) is 1. The second-order valence-electron chi connectivity index (χ2n) is 10.6. The number of aliphatic hydroxyl groups excluding tert-OH is 1. The number of nitrogens with zero attached hydrogens (tertiary/aromatic N) is 2. The minimum Gasteiger partial charge on any atom is -0.507 e. The highest BCUT2D eigenvalue weighted by Crippen LogP contribution is 2.45. The van der Waals surface area contributed by atoms with Crippen molar-refractivity contribution >= 4 is 44.1 Å². The number of hydrogen-bond acceptors (Lipinski definition) is 8. The molecule has 1 saturated heterocycles. The van der Waals surface area contributed by atoms with Gasteiger partial charge in [-0.1, -0.05) is 43.2 Å². The fourth-order valence-electron chi connectivity index (χ4n) is 5.51. The van der Waals surface area contributed by atoms with Gasteiger partial charge in [0, 0.05) is 12.0 Å². The molecule has 0 saturated carbocycles. The van der Waals surface area contributed by atoms with Gasteiger partial charge < -0.3 is 19.3 Å². The van der Waals surface area contributed by atoms with Crippen LogP contribution in [0.2, 0.25) is 0 Å². The molecule has 216 valence electrons. The van der Waals surface area contributed by atoms with Gasteiger partial charge in [-0.15, -0.1) is 0 Å². The van der Waals surface area contributed by atoms with Crippen LogP contribution in [0.15, 0.2) is 66.2 Å². The summed E-state index contributed by atoms with van der Waals surface area (Å²) in [6, 6.07) is 17.3. The minimum absolute atomic E-state index is 0.00637. The van der Waals surface area contributed by atoms with Crippen LogP contribution in [-0.2, 0) is 16.0 Å². The van der Waals surface area contributed by atoms with E-state index in [0.29, 0.717) is 46.3 Å². The number of ether oxygens (including phenoxy) is 3. The molecule has 1 N–H and O–H groups in total. The molecule has 42 heavy (non-hydrogen) atoms. The summed E-state index contributed by atoms with van der Waals surface area (Å²) in [5, 5.41) is 12.0. The number of anilines is 1. The van der Waals surface area contributed by atoms with Crippen LogP contribution in [0, 0.1) is 0 Å². The van der Waals surface area contributed by atoms with Gasteiger partial charge in [-0.3, -0.25) is 14.5 Å². The van der Waals surface area contributed by atoms with Crippen molar-refractivity contribution in [1.29, 1.82) is 0 Å². The first-order chi connectivity index (χ1) is 20.4. The first-order valence-electron chi connectivity index (χ1n) is 14.2. The van der Waals surface area contributed by atoms with Gasteiger partial charge in [0.1, 0.15) is 29.1 Å². The van der Waals surface area contributed by atoms with Crippen LogP contribution < -0.4 is 19.1 Å². The minimum atomic E-state index is -0.907. The lowest BCUT2D eigenvalue weighted by Crippen LogP contribution is -2.29. The van der Waals surface area contributed by atoms with E-state index < -0.39 is 17.7 Å². The summed E-state index contributed by atoms with van der Waals surface area (Å²) in [6.07, 6.45) is 3.79. The Morgan fingerprint density at radius 2 is 1.95 bits per heavy atom. The third-order valence-corrected chi connectivity index (χ3v) is 8.61. The SMILES string of the molecule is CCCCCOc1cccc(C2/C(=C(\O)c3ccc4c(c3)CC(C)O4)C(=O)C(=O)N2c2nc3ccc(OC)cc3s2)c1. The molecule has 1 aromatic heterocycles. The van der Waals surface area contributed by atoms with E-state index in [2.05, 4.69) is 6.92 Å². The smallest absolute Gasteiger partial charge is 0.301 e. The Morgan fingerprint density at radius 3 is 2.76 bits per heavy atom. The number of ketones is 1. The molecule has 0 radical (unpaired) electrons. The maximum absolute atomic E-state index is 13.7. The number of benzene rings is 3. The first kappa shape index (κ1) is 27.8. The zero-order valence-electron chi connectivity index (χ0n) is 23.8. The van der Waals surface area contributed by atoms with E-state index in [-0.39, 0.29) is 17.4 Å². The van der Waals surface area contributed by atoms with Crippen LogP contribution in [0.5, 0.6) is 17.2 Å². The zero-order chi connectivity index (χ0) is 29.4. The molecule has 0 spiro atoms. The number of amides is 1. The number of carbonyl (C=O) groups excluding carboxylic acids is 2. The summed E-state index contributed by atoms with van der Waals surface area (Å²) in [5.74, 6) is 0.300. The van der Waals surface area contributed by atoms with E-state index in [9.17, 15) is 14.7 Å². The summed E-state index contributed by atoms with van der Waals surface area (Å²) >= 11 is 1.29. The van der Waals surface area contributed by atoms with Gasteiger partial charge in [0.25, 0.3) is 5.78 Å². The predicted molar refractivity (Wildman–Crippen MR) is 163 cm³/mol. The summed E-state index contributed by atoms with van der Waals surface area (Å²) in [6.45, 7) is 4.68. The summed E-state index contributed by atoms with van der Waals surface area (Å²) < 4.78 is 18.0. The number of fused-ring (bicyclic) bond motifs is 2. The van der Waals surface area contributed by atoms with E-state index in [0.717, 1.165) is 35.3 Å². The van der Waals surface area contributed by atoms with Crippen LogP contribution in [-0.4, -0.2) is 41.6 Å². The summed E-state index contributed by atoms with van der Waals surface area (Å²) in [4.78, 5) is 33.5. The fourth-order valence-corrected chi connectivity index (χ4v) is 6.53. The van der Waals surface area contributed by atoms with Gasteiger partial charge in [-0.05, 0) is 73.0 Å². The molecule has 6 rings (SSSR count). The number of thiazole rings is 1. The lowest BCUT2D eigenvalue weighted by Gasteiger charge is -2.23. The van der Waals surface area contributed by atoms with Crippen molar-refractivity contribution in [3.63, 3.8) is 0 Å². The van der Waals surface area contributed by atoms with E-state index in [1.54, 1.807) is 25.3 Å². The Labute approximate surface area is 248 Å². The largest absolute Gasteiger partial charge is 0.507 e. The van der Waals surface area contributed by atoms with Crippen molar-refractivity contribution in [2.75, 3.05) is 18.6 Å². The van der Waals surface area contributed by atoms with E-state index in [1.165, 1.54) is 16.2 Å². The molecule has 3 aromatic carbocycles. The molecule has 2 atom stereocenters. The third kappa shape index (κ3) is 5.09. The standard InChI is InChI=1S/C33H32N2O6S/c1-4-5-6-14-40-24-9-7-8-20(17-24)29-28(30(36)21-10-13-26-22(16-21)15-19(2)41-26)31(37)32(38)35(29)33-34-25-12-11-23(39-3)18-27(25)42-33/h7-13,16-19,29,36H,4-6,14-15H2,1-3H3/b30-28+. The summed E-state index contributed by atoms with van der Waals surface area (Å²) in [7, 11) is 1.59. The molecule has 4 aromatic rings. The van der Waals surface area contributed by atoms with Gasteiger partial charge in [-0.25, -0.2) is 4.98 Å². The Balaban J connectivity index is 1.47. The van der Waals surface area contributed by atoms with Crippen LogP contribution >= 0.6 is 11.3 Å². The average Bonchev–Trinajstić information content (AvgIpc) is 3.66. The second kappa shape index (κ2) is 11.5. The molecule has 1 amide bonds. The molecule has 2 aliphatic rings. The lowest BCUT2D eigenvalue weighted by atomic mass is 9.94. The van der Waals surface area contributed by atoms with Crippen LogP contribution in [0.4, 0.5) is 5.13 Å². The van der Waals surface area contributed by atoms with Crippen LogP contribution in [0.1, 0.15) is 55.8 Å². The van der Waals surface area contributed by atoms with Crippen molar-refractivity contribution in [3.05, 3.63) is 82.9 Å². The molecule has 0 bridgehead atoms. The highest BCUT2D eigenvalue weighted by molar-refractivity contribution is 7.22. The molecule has 1 fully saturated rings. The van der Waals surface area contributed by atoms with Crippen molar-refractivity contribution in [2.24, 2.45) is 0 Å². The Hall–Kier alpha value is -4.37. The predicted octanol–water partition coefficient (Wildman–Crippen LogP) is 6.82. The Morgan fingerprint density at radius 1 is 1.10 bits per heavy atom. The third-order valence-electron chi connectivity index (χ3n) is 7.59. The maximum Gasteiger partial charge on any atom is 0.301 e. The van der Waals surface area contributed by atoms with E-state index in [4.69, 9.17) is 19.2 Å². The number of Topliss-reactive ketones (excluding diaryl/α,β-unsaturated/α-hetero) is 1.